The zero-order valence-corrected chi connectivity index (χ0v) is 24.9. The highest BCUT2D eigenvalue weighted by Gasteiger charge is 2.47. The van der Waals surface area contributed by atoms with E-state index in [1.54, 1.807) is 22.5 Å². The van der Waals surface area contributed by atoms with Gasteiger partial charge >= 0.3 is 0 Å². The third-order valence-electron chi connectivity index (χ3n) is 7.39. The summed E-state index contributed by atoms with van der Waals surface area (Å²) in [6, 6.07) is 12.3. The van der Waals surface area contributed by atoms with Gasteiger partial charge in [0.25, 0.3) is 0 Å². The van der Waals surface area contributed by atoms with Crippen molar-refractivity contribution < 1.29 is 17.9 Å². The summed E-state index contributed by atoms with van der Waals surface area (Å²) in [5.74, 6) is 0.170. The van der Waals surface area contributed by atoms with E-state index in [0.29, 0.717) is 34.1 Å². The van der Waals surface area contributed by atoms with Crippen molar-refractivity contribution in [1.29, 1.82) is 0 Å². The molecule has 0 aliphatic carbocycles. The van der Waals surface area contributed by atoms with E-state index in [4.69, 9.17) is 16.3 Å². The lowest BCUT2D eigenvalue weighted by molar-refractivity contribution is -0.146. The maximum Gasteiger partial charge on any atom is 0.243 e. The summed E-state index contributed by atoms with van der Waals surface area (Å²) in [5.41, 5.74) is 1.15. The van der Waals surface area contributed by atoms with E-state index in [0.717, 1.165) is 41.6 Å². The fourth-order valence-electron chi connectivity index (χ4n) is 5.56. The SMILES string of the molecule is Cc1ccc(S(=O)(=O)N2C[C@@]3(CCCN(CC(=O)Nc4nc5ccc(Cl)cc5s4)C3)OC[C@@H]2CC(C)C)cc1. The minimum atomic E-state index is -3.71. The number of halogens is 1. The van der Waals surface area contributed by atoms with Crippen molar-refractivity contribution in [3.05, 3.63) is 53.1 Å². The number of hydrogen-bond acceptors (Lipinski definition) is 7. The van der Waals surface area contributed by atoms with Crippen LogP contribution in [0.4, 0.5) is 5.13 Å². The van der Waals surface area contributed by atoms with Gasteiger partial charge in [0, 0.05) is 24.2 Å². The normalized spacial score (nSPS) is 23.1. The van der Waals surface area contributed by atoms with Gasteiger partial charge in [-0.1, -0.05) is 54.5 Å². The molecule has 1 spiro atoms. The molecule has 5 rings (SSSR count). The Hall–Kier alpha value is -2.08. The third-order valence-corrected chi connectivity index (χ3v) is 10.5. The van der Waals surface area contributed by atoms with Gasteiger partial charge in [0.15, 0.2) is 5.13 Å². The smallest absolute Gasteiger partial charge is 0.243 e. The number of fused-ring (bicyclic) bond motifs is 1. The topological polar surface area (TPSA) is 91.8 Å². The molecule has 3 aromatic rings. The molecular weight excluding hydrogens is 556 g/mol. The molecule has 0 saturated carbocycles. The molecule has 2 aromatic carbocycles. The molecule has 0 radical (unpaired) electrons. The third kappa shape index (κ3) is 6.47. The molecule has 2 atom stereocenters. The number of rotatable bonds is 7. The van der Waals surface area contributed by atoms with Crippen LogP contribution in [0.1, 0.15) is 38.7 Å². The Bertz CT molecular complexity index is 1440. The molecule has 1 aromatic heterocycles. The number of amides is 1. The van der Waals surface area contributed by atoms with Crippen molar-refractivity contribution in [3.63, 3.8) is 0 Å². The van der Waals surface area contributed by atoms with Crippen molar-refractivity contribution in [1.82, 2.24) is 14.2 Å². The van der Waals surface area contributed by atoms with Gasteiger partial charge in [-0.25, -0.2) is 13.4 Å². The maximum absolute atomic E-state index is 13.9. The van der Waals surface area contributed by atoms with Crippen molar-refractivity contribution in [2.24, 2.45) is 5.92 Å². The van der Waals surface area contributed by atoms with Gasteiger partial charge in [-0.15, -0.1) is 0 Å². The first kappa shape index (κ1) is 28.4. The van der Waals surface area contributed by atoms with Gasteiger partial charge in [0.1, 0.15) is 0 Å². The predicted molar refractivity (Wildman–Crippen MR) is 156 cm³/mol. The van der Waals surface area contributed by atoms with Crippen LogP contribution in [0.2, 0.25) is 5.02 Å². The average molecular weight is 591 g/mol. The fraction of sp³-hybridized carbons (Fsp3) is 0.500. The number of sulfonamides is 1. The molecule has 0 unspecified atom stereocenters. The Balaban J connectivity index is 1.30. The van der Waals surface area contributed by atoms with E-state index in [2.05, 4.69) is 29.0 Å². The van der Waals surface area contributed by atoms with Crippen LogP contribution >= 0.6 is 22.9 Å². The number of ether oxygens (including phenoxy) is 1. The van der Waals surface area contributed by atoms with Gasteiger partial charge in [-0.05, 0) is 69.0 Å². The molecule has 210 valence electrons. The molecule has 2 aliphatic heterocycles. The number of aromatic nitrogens is 1. The van der Waals surface area contributed by atoms with Crippen LogP contribution in [0, 0.1) is 12.8 Å². The van der Waals surface area contributed by atoms with E-state index < -0.39 is 15.6 Å². The van der Waals surface area contributed by atoms with Crippen molar-refractivity contribution in [2.75, 3.05) is 38.1 Å². The number of morpholine rings is 1. The molecule has 2 aliphatic rings. The number of nitrogens with one attached hydrogen (secondary N) is 1. The Morgan fingerprint density at radius 1 is 1.23 bits per heavy atom. The van der Waals surface area contributed by atoms with E-state index in [1.807, 2.05) is 31.2 Å². The summed E-state index contributed by atoms with van der Waals surface area (Å²) in [7, 11) is -3.71. The Labute approximate surface area is 239 Å². The Morgan fingerprint density at radius 3 is 2.74 bits per heavy atom. The molecule has 2 fully saturated rings. The maximum atomic E-state index is 13.9. The Morgan fingerprint density at radius 2 is 2.00 bits per heavy atom. The van der Waals surface area contributed by atoms with Crippen LogP contribution in [0.3, 0.4) is 0 Å². The van der Waals surface area contributed by atoms with Crippen LogP contribution in [0.5, 0.6) is 0 Å². The number of piperidine rings is 1. The van der Waals surface area contributed by atoms with Crippen LogP contribution in [-0.2, 0) is 19.6 Å². The number of carbonyl (C=O) groups is 1. The lowest BCUT2D eigenvalue weighted by atomic mass is 9.89. The zero-order chi connectivity index (χ0) is 27.8. The molecule has 0 bridgehead atoms. The molecular formula is C28H35ClN4O4S2. The van der Waals surface area contributed by atoms with E-state index in [-0.39, 0.29) is 25.0 Å². The number of aryl methyl sites for hydroxylation is 1. The van der Waals surface area contributed by atoms with E-state index in [1.165, 1.54) is 11.3 Å². The molecule has 39 heavy (non-hydrogen) atoms. The van der Waals surface area contributed by atoms with Gasteiger partial charge < -0.3 is 10.1 Å². The zero-order valence-electron chi connectivity index (χ0n) is 22.5. The van der Waals surface area contributed by atoms with Crippen molar-refractivity contribution in [2.45, 2.75) is 56.6 Å². The monoisotopic (exact) mass is 590 g/mol. The van der Waals surface area contributed by atoms with Gasteiger partial charge in [-0.2, -0.15) is 4.31 Å². The summed E-state index contributed by atoms with van der Waals surface area (Å²) in [4.78, 5) is 19.8. The summed E-state index contributed by atoms with van der Waals surface area (Å²) in [5, 5.41) is 4.07. The molecule has 1 N–H and O–H groups in total. The second kappa shape index (κ2) is 11.4. The highest BCUT2D eigenvalue weighted by Crippen LogP contribution is 2.36. The quantitative estimate of drug-likeness (QED) is 0.408. The lowest BCUT2D eigenvalue weighted by Crippen LogP contribution is -2.64. The first-order valence-corrected chi connectivity index (χ1v) is 16.0. The molecule has 2 saturated heterocycles. The van der Waals surface area contributed by atoms with Crippen LogP contribution in [-0.4, -0.2) is 72.9 Å². The summed E-state index contributed by atoms with van der Waals surface area (Å²) in [6.45, 7) is 8.18. The lowest BCUT2D eigenvalue weighted by Gasteiger charge is -2.50. The molecule has 3 heterocycles. The summed E-state index contributed by atoms with van der Waals surface area (Å²) >= 11 is 7.46. The number of thiazole rings is 1. The second-order valence-corrected chi connectivity index (χ2v) is 14.5. The highest BCUT2D eigenvalue weighted by molar-refractivity contribution is 7.89. The highest BCUT2D eigenvalue weighted by atomic mass is 35.5. The van der Waals surface area contributed by atoms with Crippen LogP contribution in [0.15, 0.2) is 47.4 Å². The fourth-order valence-corrected chi connectivity index (χ4v) is 8.41. The van der Waals surface area contributed by atoms with Gasteiger partial charge in [0.05, 0.1) is 33.9 Å². The summed E-state index contributed by atoms with van der Waals surface area (Å²) < 4.78 is 36.8. The number of carbonyl (C=O) groups excluding carboxylic acids is 1. The van der Waals surface area contributed by atoms with Crippen molar-refractivity contribution >= 4 is 54.2 Å². The molecule has 1 amide bonds. The predicted octanol–water partition coefficient (Wildman–Crippen LogP) is 5.17. The minimum absolute atomic E-state index is 0.158. The first-order valence-electron chi connectivity index (χ1n) is 13.3. The standard InChI is InChI=1S/C28H35ClN4O4S2/c1-19(2)13-22-16-37-28(18-33(22)39(35,36)23-8-5-20(3)6-9-23)11-4-12-32(17-28)15-26(34)31-27-30-24-10-7-21(29)14-25(24)38-27/h5-10,14,19,22H,4,11-13,15-18H2,1-3H3,(H,30,31,34)/t22-,28-/m0/s1. The molecule has 8 nitrogen and oxygen atoms in total. The van der Waals surface area contributed by atoms with Crippen molar-refractivity contribution in [3.8, 4) is 0 Å². The first-order chi connectivity index (χ1) is 18.5. The van der Waals surface area contributed by atoms with E-state index in [9.17, 15) is 13.2 Å². The second-order valence-electron chi connectivity index (χ2n) is 11.1. The summed E-state index contributed by atoms with van der Waals surface area (Å²) in [6.07, 6.45) is 2.29. The van der Waals surface area contributed by atoms with Gasteiger partial charge in [-0.3, -0.25) is 9.69 Å². The van der Waals surface area contributed by atoms with E-state index >= 15 is 0 Å². The number of benzene rings is 2. The largest absolute Gasteiger partial charge is 0.371 e. The van der Waals surface area contributed by atoms with Gasteiger partial charge in [0.2, 0.25) is 15.9 Å². The number of likely N-dealkylation sites (tertiary alicyclic amines) is 1. The van der Waals surface area contributed by atoms with Crippen LogP contribution in [0.25, 0.3) is 10.2 Å². The van der Waals surface area contributed by atoms with Crippen LogP contribution < -0.4 is 5.32 Å². The Kier molecular flexibility index (Phi) is 8.33. The molecule has 11 heteroatoms. The minimum Gasteiger partial charge on any atom is -0.371 e. The number of anilines is 1. The number of hydrogen-bond donors (Lipinski definition) is 1. The average Bonchev–Trinajstić information content (AvgIpc) is 3.26. The number of nitrogens with zero attached hydrogens (tertiary/aromatic N) is 3.